The lowest BCUT2D eigenvalue weighted by Crippen LogP contribution is -1.93. The highest BCUT2D eigenvalue weighted by molar-refractivity contribution is 6.01. The Labute approximate surface area is 99.6 Å². The van der Waals surface area contributed by atoms with E-state index in [-0.39, 0.29) is 0 Å². The Morgan fingerprint density at radius 3 is 2.78 bits per heavy atom. The Bertz CT molecular complexity index is 831. The summed E-state index contributed by atoms with van der Waals surface area (Å²) in [7, 11) is 0. The molecule has 18 heavy (non-hydrogen) atoms. The first kappa shape index (κ1) is 9.16. The van der Waals surface area contributed by atoms with Crippen LogP contribution in [0.1, 0.15) is 0 Å². The lowest BCUT2D eigenvalue weighted by atomic mass is 10.1. The van der Waals surface area contributed by atoms with Gasteiger partial charge in [-0.1, -0.05) is 24.3 Å². The Morgan fingerprint density at radius 2 is 1.94 bits per heavy atom. The molecular weight excluding hydrogens is 232 g/mol. The molecule has 0 radical (unpaired) electrons. The zero-order valence-electron chi connectivity index (χ0n) is 9.02. The molecule has 0 bridgehead atoms. The van der Waals surface area contributed by atoms with E-state index < -0.39 is 0 Å². The number of fused-ring (bicyclic) bond motifs is 3. The molecule has 0 saturated heterocycles. The molecule has 86 valence electrons. The minimum Gasteiger partial charge on any atom is -0.199 e. The number of H-pyrrole nitrogens is 1. The summed E-state index contributed by atoms with van der Waals surface area (Å²) >= 11 is 0. The second kappa shape index (κ2) is 3.29. The van der Waals surface area contributed by atoms with Crippen molar-refractivity contribution in [2.75, 3.05) is 0 Å². The van der Waals surface area contributed by atoms with Gasteiger partial charge in [-0.2, -0.15) is 9.73 Å². The molecule has 0 aliphatic heterocycles. The van der Waals surface area contributed by atoms with E-state index >= 15 is 0 Å². The quantitative estimate of drug-likeness (QED) is 0.517. The molecule has 3 heterocycles. The van der Waals surface area contributed by atoms with E-state index in [1.54, 1.807) is 10.7 Å². The second-order valence-corrected chi connectivity index (χ2v) is 3.77. The van der Waals surface area contributed by atoms with E-state index in [1.807, 2.05) is 24.3 Å². The van der Waals surface area contributed by atoms with Crippen molar-refractivity contribution in [2.24, 2.45) is 0 Å². The van der Waals surface area contributed by atoms with Crippen molar-refractivity contribution < 1.29 is 0 Å². The van der Waals surface area contributed by atoms with Crippen molar-refractivity contribution in [1.82, 2.24) is 40.7 Å². The lowest BCUT2D eigenvalue weighted by molar-refractivity contribution is 0.824. The van der Waals surface area contributed by atoms with Crippen LogP contribution in [-0.4, -0.2) is 40.7 Å². The van der Waals surface area contributed by atoms with Crippen LogP contribution in [0.4, 0.5) is 0 Å². The second-order valence-electron chi connectivity index (χ2n) is 3.77. The Balaban J connectivity index is 2.23. The monoisotopic (exact) mass is 238 g/mol. The van der Waals surface area contributed by atoms with Crippen LogP contribution in [0.5, 0.6) is 0 Å². The van der Waals surface area contributed by atoms with Crippen LogP contribution in [0.15, 0.2) is 30.5 Å². The summed E-state index contributed by atoms with van der Waals surface area (Å²) in [4.78, 5) is 0. The number of rotatable bonds is 1. The first-order chi connectivity index (χ1) is 8.93. The maximum absolute atomic E-state index is 4.01. The van der Waals surface area contributed by atoms with Crippen LogP contribution >= 0.6 is 0 Å². The molecule has 8 nitrogen and oxygen atoms in total. The van der Waals surface area contributed by atoms with E-state index in [0.717, 1.165) is 16.3 Å². The number of pyridine rings is 1. The number of hydrogen-bond donors (Lipinski definition) is 1. The van der Waals surface area contributed by atoms with Gasteiger partial charge in [-0.05, 0) is 21.0 Å². The summed E-state index contributed by atoms with van der Waals surface area (Å²) in [5, 5.41) is 27.5. The molecular formula is C10H6N8. The molecule has 0 aliphatic carbocycles. The first-order valence-corrected chi connectivity index (χ1v) is 5.27. The number of nitrogens with one attached hydrogen (secondary N) is 1. The molecule has 0 unspecified atom stereocenters. The van der Waals surface area contributed by atoms with E-state index in [1.165, 1.54) is 0 Å². The van der Waals surface area contributed by atoms with Crippen molar-refractivity contribution >= 4 is 16.4 Å². The summed E-state index contributed by atoms with van der Waals surface area (Å²) in [5.41, 5.74) is 1.54. The van der Waals surface area contributed by atoms with Crippen LogP contribution in [0.25, 0.3) is 27.8 Å². The fourth-order valence-corrected chi connectivity index (χ4v) is 2.02. The van der Waals surface area contributed by atoms with Gasteiger partial charge >= 0.3 is 0 Å². The Kier molecular flexibility index (Phi) is 1.68. The maximum Gasteiger partial charge on any atom is 0.206 e. The molecule has 8 heteroatoms. The normalized spacial score (nSPS) is 11.3. The summed E-state index contributed by atoms with van der Waals surface area (Å²) in [6.07, 6.45) is 1.79. The van der Waals surface area contributed by atoms with Gasteiger partial charge in [0.1, 0.15) is 0 Å². The number of aromatic amines is 1. The van der Waals surface area contributed by atoms with E-state index in [9.17, 15) is 0 Å². The third kappa shape index (κ3) is 1.14. The van der Waals surface area contributed by atoms with E-state index in [0.29, 0.717) is 11.5 Å². The van der Waals surface area contributed by atoms with E-state index in [2.05, 4.69) is 36.1 Å². The summed E-state index contributed by atoms with van der Waals surface area (Å²) in [5.74, 6) is 0.517. The number of hydrogen-bond acceptors (Lipinski definition) is 6. The highest BCUT2D eigenvalue weighted by Crippen LogP contribution is 2.27. The van der Waals surface area contributed by atoms with E-state index in [4.69, 9.17) is 0 Å². The van der Waals surface area contributed by atoms with Crippen LogP contribution < -0.4 is 0 Å². The topological polar surface area (TPSA) is 97.5 Å². The smallest absolute Gasteiger partial charge is 0.199 e. The van der Waals surface area contributed by atoms with Gasteiger partial charge in [0, 0.05) is 17.1 Å². The average molecular weight is 238 g/mol. The van der Waals surface area contributed by atoms with Crippen molar-refractivity contribution in [2.45, 2.75) is 0 Å². The number of nitrogens with zero attached hydrogens (tertiary/aromatic N) is 7. The molecule has 4 aromatic rings. The summed E-state index contributed by atoms with van der Waals surface area (Å²) < 4.78 is 1.61. The molecule has 0 fully saturated rings. The zero-order chi connectivity index (χ0) is 11.9. The van der Waals surface area contributed by atoms with Gasteiger partial charge in [0.05, 0.1) is 0 Å². The van der Waals surface area contributed by atoms with Crippen molar-refractivity contribution in [3.63, 3.8) is 0 Å². The Hall–Kier alpha value is -2.90. The van der Waals surface area contributed by atoms with Gasteiger partial charge in [-0.25, -0.2) is 0 Å². The number of benzene rings is 1. The fourth-order valence-electron chi connectivity index (χ4n) is 2.02. The molecule has 1 aromatic carbocycles. The highest BCUT2D eigenvalue weighted by Gasteiger charge is 2.12. The number of tetrazole rings is 2. The molecule has 0 atom stereocenters. The van der Waals surface area contributed by atoms with Crippen molar-refractivity contribution in [3.8, 4) is 11.4 Å². The van der Waals surface area contributed by atoms with Crippen LogP contribution in [0, 0.1) is 0 Å². The van der Waals surface area contributed by atoms with Crippen molar-refractivity contribution in [3.05, 3.63) is 30.5 Å². The summed E-state index contributed by atoms with van der Waals surface area (Å²) in [6, 6.07) is 7.84. The van der Waals surface area contributed by atoms with Gasteiger partial charge in [0.25, 0.3) is 0 Å². The minimum absolute atomic E-state index is 0.517. The molecule has 0 spiro atoms. The van der Waals surface area contributed by atoms with Gasteiger partial charge in [-0.15, -0.1) is 15.3 Å². The molecule has 3 aromatic heterocycles. The van der Waals surface area contributed by atoms with Gasteiger partial charge in [0.2, 0.25) is 5.82 Å². The van der Waals surface area contributed by atoms with Gasteiger partial charge < -0.3 is 0 Å². The third-order valence-corrected chi connectivity index (χ3v) is 2.79. The van der Waals surface area contributed by atoms with Crippen LogP contribution in [0.2, 0.25) is 0 Å². The summed E-state index contributed by atoms with van der Waals surface area (Å²) in [6.45, 7) is 0. The maximum atomic E-state index is 4.01. The molecule has 0 saturated carbocycles. The minimum atomic E-state index is 0.517. The highest BCUT2D eigenvalue weighted by atomic mass is 15.5. The Morgan fingerprint density at radius 1 is 1.06 bits per heavy atom. The standard InChI is InChI=1S/C10H6N8/c1-2-4-7-6(3-1)8(9-11-14-15-12-9)5-18-10(7)13-16-17-18/h1-5H,(H,11,12,14,15). The molecule has 0 aliphatic rings. The molecule has 1 N–H and O–H groups in total. The first-order valence-electron chi connectivity index (χ1n) is 5.27. The molecule has 4 rings (SSSR count). The van der Waals surface area contributed by atoms with Crippen molar-refractivity contribution in [1.29, 1.82) is 0 Å². The predicted octanol–water partition coefficient (Wildman–Crippen LogP) is 0.458. The lowest BCUT2D eigenvalue weighted by Gasteiger charge is -2.03. The third-order valence-electron chi connectivity index (χ3n) is 2.79. The van der Waals surface area contributed by atoms with Gasteiger partial charge in [0.15, 0.2) is 5.65 Å². The fraction of sp³-hybridized carbons (Fsp3) is 0. The molecule has 0 amide bonds. The predicted molar refractivity (Wildman–Crippen MR) is 61.5 cm³/mol. The van der Waals surface area contributed by atoms with Crippen LogP contribution in [-0.2, 0) is 0 Å². The number of aromatic nitrogens is 8. The van der Waals surface area contributed by atoms with Gasteiger partial charge in [-0.3, -0.25) is 0 Å². The zero-order valence-corrected chi connectivity index (χ0v) is 9.02. The largest absolute Gasteiger partial charge is 0.206 e. The van der Waals surface area contributed by atoms with Crippen LogP contribution in [0.3, 0.4) is 0 Å². The SMILES string of the molecule is c1ccc2c(c1)c(-c1nn[nH]n1)cn1nnnc21. The average Bonchev–Trinajstić information content (AvgIpc) is 3.09.